The first-order valence-electron chi connectivity index (χ1n) is 13.5. The fourth-order valence-corrected chi connectivity index (χ4v) is 6.82. The van der Waals surface area contributed by atoms with Crippen molar-refractivity contribution in [1.29, 1.82) is 0 Å². The number of halogens is 1. The van der Waals surface area contributed by atoms with Crippen LogP contribution < -0.4 is 4.90 Å². The van der Waals surface area contributed by atoms with E-state index in [1.807, 2.05) is 0 Å². The summed E-state index contributed by atoms with van der Waals surface area (Å²) in [6, 6.07) is 9.37. The second kappa shape index (κ2) is 8.54. The van der Waals surface area contributed by atoms with Crippen LogP contribution in [0.15, 0.2) is 30.3 Å². The van der Waals surface area contributed by atoms with Crippen LogP contribution in [0.1, 0.15) is 73.5 Å². The molecule has 36 heavy (non-hydrogen) atoms. The summed E-state index contributed by atoms with van der Waals surface area (Å²) in [5.74, 6) is -0.398. The Morgan fingerprint density at radius 3 is 2.44 bits per heavy atom. The second-order valence-corrected chi connectivity index (χ2v) is 11.1. The van der Waals surface area contributed by atoms with Crippen LogP contribution in [0.2, 0.25) is 0 Å². The summed E-state index contributed by atoms with van der Waals surface area (Å²) in [5.41, 5.74) is 3.24. The lowest BCUT2D eigenvalue weighted by molar-refractivity contribution is 0.0690. The Bertz CT molecular complexity index is 1310. The van der Waals surface area contributed by atoms with Crippen molar-refractivity contribution in [3.63, 3.8) is 0 Å². The lowest BCUT2D eigenvalue weighted by Gasteiger charge is -2.44. The molecule has 0 amide bonds. The first-order chi connectivity index (χ1) is 17.6. The third-order valence-corrected chi connectivity index (χ3v) is 9.19. The Balaban J connectivity index is 1.33. The topological polar surface area (TPSA) is 74.5 Å². The van der Waals surface area contributed by atoms with Gasteiger partial charge in [-0.1, -0.05) is 12.8 Å². The van der Waals surface area contributed by atoms with Crippen molar-refractivity contribution < 1.29 is 14.3 Å². The molecule has 0 radical (unpaired) electrons. The number of benzene rings is 1. The summed E-state index contributed by atoms with van der Waals surface area (Å²) in [6.07, 6.45) is 9.70. The number of nitrogens with zero attached hydrogens (tertiary/aromatic N) is 5. The third kappa shape index (κ3) is 3.52. The van der Waals surface area contributed by atoms with Gasteiger partial charge in [-0.05, 0) is 81.3 Å². The van der Waals surface area contributed by atoms with Crippen molar-refractivity contribution in [1.82, 2.24) is 19.7 Å². The van der Waals surface area contributed by atoms with E-state index in [4.69, 9.17) is 5.10 Å². The minimum absolute atomic E-state index is 0.0329. The van der Waals surface area contributed by atoms with Crippen molar-refractivity contribution in [3.8, 4) is 5.69 Å². The zero-order chi connectivity index (χ0) is 24.4. The van der Waals surface area contributed by atoms with Gasteiger partial charge in [0.1, 0.15) is 5.82 Å². The molecule has 8 heteroatoms. The lowest BCUT2D eigenvalue weighted by atomic mass is 9.81. The fraction of sp³-hybridized carbons (Fsp3) is 0.536. The van der Waals surface area contributed by atoms with E-state index in [2.05, 4.69) is 14.8 Å². The molecule has 188 valence electrons. The molecule has 7 rings (SSSR count). The van der Waals surface area contributed by atoms with Gasteiger partial charge in [0, 0.05) is 31.1 Å². The van der Waals surface area contributed by atoms with E-state index in [0.29, 0.717) is 29.2 Å². The molecule has 4 aliphatic rings. The number of carboxylic acids is 1. The number of carbonyl (C=O) groups is 1. The van der Waals surface area contributed by atoms with Crippen LogP contribution in [0.3, 0.4) is 0 Å². The Morgan fingerprint density at radius 1 is 1.00 bits per heavy atom. The van der Waals surface area contributed by atoms with Gasteiger partial charge in [0.15, 0.2) is 11.3 Å². The summed E-state index contributed by atoms with van der Waals surface area (Å²) in [5, 5.41) is 15.9. The smallest absolute Gasteiger partial charge is 0.354 e. The van der Waals surface area contributed by atoms with Crippen LogP contribution >= 0.6 is 0 Å². The minimum Gasteiger partial charge on any atom is -0.477 e. The molecule has 2 unspecified atom stereocenters. The van der Waals surface area contributed by atoms with Gasteiger partial charge in [0.25, 0.3) is 0 Å². The van der Waals surface area contributed by atoms with Crippen LogP contribution in [0.5, 0.6) is 0 Å². The molecule has 2 aromatic heterocycles. The first kappa shape index (κ1) is 22.2. The number of aromatic nitrogens is 3. The Labute approximate surface area is 209 Å². The largest absolute Gasteiger partial charge is 0.477 e. The van der Waals surface area contributed by atoms with Gasteiger partial charge < -0.3 is 10.0 Å². The average Bonchev–Trinajstić information content (AvgIpc) is 3.39. The predicted molar refractivity (Wildman–Crippen MR) is 135 cm³/mol. The zero-order valence-electron chi connectivity index (χ0n) is 20.4. The Morgan fingerprint density at radius 2 is 1.78 bits per heavy atom. The van der Waals surface area contributed by atoms with Crippen LogP contribution in [-0.2, 0) is 0 Å². The summed E-state index contributed by atoms with van der Waals surface area (Å²) in [7, 11) is 0. The number of hydrogen-bond acceptors (Lipinski definition) is 5. The molecule has 4 fully saturated rings. The third-order valence-electron chi connectivity index (χ3n) is 9.19. The highest BCUT2D eigenvalue weighted by atomic mass is 19.1. The summed E-state index contributed by atoms with van der Waals surface area (Å²) >= 11 is 0. The molecule has 2 atom stereocenters. The van der Waals surface area contributed by atoms with Crippen molar-refractivity contribution in [3.05, 3.63) is 47.5 Å². The van der Waals surface area contributed by atoms with Gasteiger partial charge in [0.05, 0.1) is 22.5 Å². The normalized spacial score (nSPS) is 25.1. The zero-order valence-corrected chi connectivity index (χ0v) is 20.4. The van der Waals surface area contributed by atoms with Crippen molar-refractivity contribution >= 4 is 22.7 Å². The maximum atomic E-state index is 13.7. The van der Waals surface area contributed by atoms with E-state index in [1.165, 1.54) is 50.8 Å². The van der Waals surface area contributed by atoms with Crippen LogP contribution in [0, 0.1) is 11.7 Å². The molecular weight excluding hydrogens is 457 g/mol. The molecule has 2 saturated carbocycles. The van der Waals surface area contributed by atoms with E-state index in [-0.39, 0.29) is 11.5 Å². The van der Waals surface area contributed by atoms with Gasteiger partial charge in [-0.2, -0.15) is 5.10 Å². The average molecular weight is 490 g/mol. The number of hydrogen-bond donors (Lipinski definition) is 1. The predicted octanol–water partition coefficient (Wildman–Crippen LogP) is 4.98. The van der Waals surface area contributed by atoms with Gasteiger partial charge in [0.2, 0.25) is 0 Å². The molecule has 2 saturated heterocycles. The number of aromatic carboxylic acids is 1. The molecule has 0 spiro atoms. The van der Waals surface area contributed by atoms with Crippen molar-refractivity contribution in [2.24, 2.45) is 5.92 Å². The SMILES string of the molecule is O=C(O)c1cc(N2CCC3C(CCN3C3CCC3)C2)c2c(C3CCC3)nn(-c3ccc(F)cc3)c2n1. The van der Waals surface area contributed by atoms with E-state index in [0.717, 1.165) is 55.2 Å². The maximum absolute atomic E-state index is 13.7. The molecule has 2 aliphatic heterocycles. The highest BCUT2D eigenvalue weighted by molar-refractivity contribution is 5.98. The minimum atomic E-state index is -1.04. The fourth-order valence-electron chi connectivity index (χ4n) is 6.82. The van der Waals surface area contributed by atoms with Gasteiger partial charge >= 0.3 is 5.97 Å². The quantitative estimate of drug-likeness (QED) is 0.545. The monoisotopic (exact) mass is 489 g/mol. The van der Waals surface area contributed by atoms with Gasteiger partial charge in [-0.15, -0.1) is 0 Å². The number of anilines is 1. The first-order valence-corrected chi connectivity index (χ1v) is 13.5. The summed E-state index contributed by atoms with van der Waals surface area (Å²) < 4.78 is 15.4. The highest BCUT2D eigenvalue weighted by Gasteiger charge is 2.43. The summed E-state index contributed by atoms with van der Waals surface area (Å²) in [4.78, 5) is 21.9. The molecule has 3 aromatic rings. The van der Waals surface area contributed by atoms with Gasteiger partial charge in [-0.25, -0.2) is 18.9 Å². The molecule has 2 aliphatic carbocycles. The number of piperidine rings is 1. The van der Waals surface area contributed by atoms with Crippen molar-refractivity contribution in [2.75, 3.05) is 24.5 Å². The number of likely N-dealkylation sites (tertiary alicyclic amines) is 1. The van der Waals surface area contributed by atoms with E-state index < -0.39 is 5.97 Å². The Hall–Kier alpha value is -3.00. The van der Waals surface area contributed by atoms with E-state index in [1.54, 1.807) is 22.9 Å². The summed E-state index contributed by atoms with van der Waals surface area (Å²) in [6.45, 7) is 3.04. The molecule has 7 nitrogen and oxygen atoms in total. The van der Waals surface area contributed by atoms with Gasteiger partial charge in [-0.3, -0.25) is 4.90 Å². The lowest BCUT2D eigenvalue weighted by Crippen LogP contribution is -2.50. The number of carboxylic acid groups (broad SMARTS) is 1. The standard InChI is InChI=1S/C28H32FN5O2/c29-19-7-9-21(10-8-19)34-27-25(26(31-34)17-3-1-4-17)24(15-22(30-27)28(35)36)32-13-12-23-18(16-32)11-14-33(23)20-5-2-6-20/h7-10,15,17-18,20,23H,1-6,11-14,16H2,(H,35,36). The highest BCUT2D eigenvalue weighted by Crippen LogP contribution is 2.45. The maximum Gasteiger partial charge on any atom is 0.354 e. The molecule has 1 N–H and O–H groups in total. The Kier molecular flexibility index (Phi) is 5.27. The van der Waals surface area contributed by atoms with Crippen molar-refractivity contribution in [2.45, 2.75) is 69.4 Å². The van der Waals surface area contributed by atoms with Crippen LogP contribution in [0.4, 0.5) is 10.1 Å². The molecular formula is C28H32FN5O2. The van der Waals surface area contributed by atoms with Crippen LogP contribution in [0.25, 0.3) is 16.7 Å². The van der Waals surface area contributed by atoms with E-state index >= 15 is 0 Å². The molecule has 0 bridgehead atoms. The molecule has 1 aromatic carbocycles. The second-order valence-electron chi connectivity index (χ2n) is 11.1. The number of rotatable bonds is 5. The number of fused-ring (bicyclic) bond motifs is 2. The molecule has 4 heterocycles. The number of pyridine rings is 1. The van der Waals surface area contributed by atoms with Crippen LogP contribution in [-0.4, -0.2) is 62.5 Å². The van der Waals surface area contributed by atoms with E-state index in [9.17, 15) is 14.3 Å².